The lowest BCUT2D eigenvalue weighted by molar-refractivity contribution is -0.158. The number of nitrogens with zero attached hydrogens (tertiary/aromatic N) is 2. The van der Waals surface area contributed by atoms with Gasteiger partial charge in [0, 0.05) is 11.9 Å². The van der Waals surface area contributed by atoms with Crippen LogP contribution in [0.25, 0.3) is 11.0 Å². The van der Waals surface area contributed by atoms with Gasteiger partial charge in [-0.15, -0.1) is 0 Å². The maximum absolute atomic E-state index is 16.1. The van der Waals surface area contributed by atoms with Crippen molar-refractivity contribution >= 4 is 34.3 Å². The number of carbonyl (C=O) groups is 3. The molecule has 8 nitrogen and oxygen atoms in total. The number of imide groups is 1. The molecular weight excluding hydrogens is 465 g/mol. The molecule has 1 aromatic heterocycles. The minimum Gasteiger partial charge on any atom is -0.372 e. The van der Waals surface area contributed by atoms with Crippen LogP contribution in [0.5, 0.6) is 0 Å². The van der Waals surface area contributed by atoms with E-state index in [1.54, 1.807) is 17.9 Å². The van der Waals surface area contributed by atoms with Gasteiger partial charge in [-0.1, -0.05) is 35.5 Å². The van der Waals surface area contributed by atoms with Gasteiger partial charge in [-0.2, -0.15) is 0 Å². The first-order chi connectivity index (χ1) is 17.3. The minimum absolute atomic E-state index is 0.0281. The number of piperidine rings is 1. The normalized spacial score (nSPS) is 27.8. The standard InChI is InChI=1S/C27H26FN3O5/c1-14-13-31-23-17(12-27(25(31)15(2)35-14)20(32)11-21(33)29-26(27)34)10-18-19(30-36-24(18)22(23)28)9-8-16-6-4-3-5-7-16/h3-7,10,14-15,25H,8-9,11-13H2,1-2H3,(H,29,33,34)/t14-,15+,25-,27?/m1/s1. The fourth-order valence-corrected chi connectivity index (χ4v) is 6.28. The van der Waals surface area contributed by atoms with Crippen LogP contribution in [0.4, 0.5) is 10.1 Å². The van der Waals surface area contributed by atoms with Crippen molar-refractivity contribution in [2.45, 2.75) is 57.8 Å². The van der Waals surface area contributed by atoms with E-state index in [4.69, 9.17) is 9.26 Å². The maximum Gasteiger partial charge on any atom is 0.242 e. The highest BCUT2D eigenvalue weighted by Crippen LogP contribution is 2.50. The molecule has 186 valence electrons. The second kappa shape index (κ2) is 8.23. The van der Waals surface area contributed by atoms with Crippen molar-refractivity contribution in [3.05, 3.63) is 59.0 Å². The van der Waals surface area contributed by atoms with Gasteiger partial charge in [-0.3, -0.25) is 19.7 Å². The quantitative estimate of drug-likeness (QED) is 0.444. The van der Waals surface area contributed by atoms with Crippen LogP contribution < -0.4 is 10.2 Å². The number of morpholine rings is 1. The van der Waals surface area contributed by atoms with E-state index in [0.717, 1.165) is 5.56 Å². The van der Waals surface area contributed by atoms with Gasteiger partial charge in [0.1, 0.15) is 5.41 Å². The zero-order valence-electron chi connectivity index (χ0n) is 20.0. The van der Waals surface area contributed by atoms with Gasteiger partial charge >= 0.3 is 0 Å². The second-order valence-corrected chi connectivity index (χ2v) is 10.1. The van der Waals surface area contributed by atoms with Gasteiger partial charge in [0.05, 0.1) is 36.1 Å². The lowest BCUT2D eigenvalue weighted by Gasteiger charge is -2.55. The van der Waals surface area contributed by atoms with Gasteiger partial charge in [-0.25, -0.2) is 4.39 Å². The van der Waals surface area contributed by atoms with Crippen LogP contribution in [0.1, 0.15) is 37.1 Å². The van der Waals surface area contributed by atoms with E-state index in [1.165, 1.54) is 0 Å². The first-order valence-electron chi connectivity index (χ1n) is 12.2. The Bertz CT molecular complexity index is 1380. The zero-order valence-corrected chi connectivity index (χ0v) is 20.0. The summed E-state index contributed by atoms with van der Waals surface area (Å²) in [5.41, 5.74) is 1.09. The number of carbonyl (C=O) groups excluding carboxylic acids is 3. The topological polar surface area (TPSA) is 102 Å². The molecule has 2 saturated heterocycles. The summed E-state index contributed by atoms with van der Waals surface area (Å²) in [6.07, 6.45) is 0.0234. The molecule has 3 aromatic rings. The number of halogens is 1. The number of nitrogens with one attached hydrogen (secondary N) is 1. The number of ketones is 1. The molecule has 9 heteroatoms. The fourth-order valence-electron chi connectivity index (χ4n) is 6.28. The Labute approximate surface area is 206 Å². The molecule has 2 aromatic carbocycles. The Morgan fingerprint density at radius 3 is 2.69 bits per heavy atom. The molecule has 4 heterocycles. The molecule has 1 spiro atoms. The van der Waals surface area contributed by atoms with Gasteiger partial charge in [0.2, 0.25) is 17.4 Å². The number of benzene rings is 2. The van der Waals surface area contributed by atoms with Crippen LogP contribution in [-0.4, -0.2) is 47.5 Å². The summed E-state index contributed by atoms with van der Waals surface area (Å²) in [6.45, 7) is 3.94. The highest BCUT2D eigenvalue weighted by Gasteiger charge is 2.62. The van der Waals surface area contributed by atoms with Crippen molar-refractivity contribution in [3.63, 3.8) is 0 Å². The van der Waals surface area contributed by atoms with Crippen LogP contribution in [-0.2, 0) is 38.4 Å². The van der Waals surface area contributed by atoms with E-state index in [9.17, 15) is 14.4 Å². The molecule has 0 bridgehead atoms. The lowest BCUT2D eigenvalue weighted by Crippen LogP contribution is -2.72. The number of aryl methyl sites for hydroxylation is 2. The first-order valence-corrected chi connectivity index (χ1v) is 12.2. The number of Topliss-reactive ketones (excluding diaryl/α,β-unsaturated/α-hetero) is 1. The van der Waals surface area contributed by atoms with Gasteiger partial charge in [-0.05, 0) is 50.3 Å². The van der Waals surface area contributed by atoms with E-state index >= 15 is 4.39 Å². The smallest absolute Gasteiger partial charge is 0.242 e. The van der Waals surface area contributed by atoms with Crippen LogP contribution in [0.15, 0.2) is 40.9 Å². The van der Waals surface area contributed by atoms with Crippen molar-refractivity contribution in [1.82, 2.24) is 10.5 Å². The average molecular weight is 492 g/mol. The predicted molar refractivity (Wildman–Crippen MR) is 128 cm³/mol. The molecule has 3 aliphatic rings. The number of ether oxygens (including phenoxy) is 1. The van der Waals surface area contributed by atoms with Crippen LogP contribution >= 0.6 is 0 Å². The fraction of sp³-hybridized carbons (Fsp3) is 0.407. The van der Waals surface area contributed by atoms with Crippen LogP contribution in [0.3, 0.4) is 0 Å². The summed E-state index contributed by atoms with van der Waals surface area (Å²) in [6, 6.07) is 10.9. The average Bonchev–Trinajstić information content (AvgIpc) is 3.24. The number of amides is 2. The van der Waals surface area contributed by atoms with Gasteiger partial charge in [0.15, 0.2) is 11.6 Å². The largest absolute Gasteiger partial charge is 0.372 e. The summed E-state index contributed by atoms with van der Waals surface area (Å²) in [5.74, 6) is -2.28. The zero-order chi connectivity index (χ0) is 25.2. The first kappa shape index (κ1) is 22.8. The highest BCUT2D eigenvalue weighted by atomic mass is 19.1. The highest BCUT2D eigenvalue weighted by molar-refractivity contribution is 6.22. The molecule has 4 atom stereocenters. The third-order valence-corrected chi connectivity index (χ3v) is 7.75. The van der Waals surface area contributed by atoms with E-state index in [-0.39, 0.29) is 24.7 Å². The van der Waals surface area contributed by atoms with Crippen molar-refractivity contribution in [1.29, 1.82) is 0 Å². The van der Waals surface area contributed by atoms with Crippen LogP contribution in [0, 0.1) is 11.2 Å². The molecule has 3 aliphatic heterocycles. The minimum atomic E-state index is -1.55. The molecule has 6 rings (SSSR count). The summed E-state index contributed by atoms with van der Waals surface area (Å²) < 4.78 is 27.6. The number of rotatable bonds is 3. The molecule has 2 fully saturated rings. The summed E-state index contributed by atoms with van der Waals surface area (Å²) in [4.78, 5) is 40.5. The SMILES string of the molecule is C[C@@H]1CN2c3c(cc4c(CCc5ccccc5)noc4c3F)CC3(C(=O)CC(=O)NC3=O)[C@H]2[C@H](C)O1. The van der Waals surface area contributed by atoms with Crippen molar-refractivity contribution in [2.75, 3.05) is 11.4 Å². The molecule has 1 unspecified atom stereocenters. The number of aromatic nitrogens is 1. The Hall–Kier alpha value is -3.59. The molecule has 36 heavy (non-hydrogen) atoms. The van der Waals surface area contributed by atoms with Gasteiger partial charge < -0.3 is 14.2 Å². The Morgan fingerprint density at radius 2 is 1.94 bits per heavy atom. The Balaban J connectivity index is 1.49. The Kier molecular flexibility index (Phi) is 5.22. The number of hydrogen-bond donors (Lipinski definition) is 1. The van der Waals surface area contributed by atoms with E-state index in [1.807, 2.05) is 37.3 Å². The van der Waals surface area contributed by atoms with Gasteiger partial charge in [0.25, 0.3) is 0 Å². The van der Waals surface area contributed by atoms with Crippen molar-refractivity contribution < 1.29 is 28.0 Å². The third-order valence-electron chi connectivity index (χ3n) is 7.75. The maximum atomic E-state index is 16.1. The third kappa shape index (κ3) is 3.29. The van der Waals surface area contributed by atoms with E-state index < -0.39 is 47.4 Å². The van der Waals surface area contributed by atoms with E-state index in [2.05, 4.69) is 10.5 Å². The summed E-state index contributed by atoms with van der Waals surface area (Å²) >= 11 is 0. The molecule has 0 radical (unpaired) electrons. The molecular formula is C27H26FN3O5. The number of fused-ring (bicyclic) bond motifs is 5. The molecule has 2 amide bonds. The van der Waals surface area contributed by atoms with Crippen molar-refractivity contribution in [2.24, 2.45) is 5.41 Å². The van der Waals surface area contributed by atoms with Crippen molar-refractivity contribution in [3.8, 4) is 0 Å². The second-order valence-electron chi connectivity index (χ2n) is 10.1. The molecule has 0 saturated carbocycles. The summed E-state index contributed by atoms with van der Waals surface area (Å²) in [7, 11) is 0. The molecule has 0 aliphatic carbocycles. The monoisotopic (exact) mass is 491 g/mol. The summed E-state index contributed by atoms with van der Waals surface area (Å²) in [5, 5.41) is 7.06. The number of anilines is 1. The predicted octanol–water partition coefficient (Wildman–Crippen LogP) is 2.89. The van der Waals surface area contributed by atoms with Crippen LogP contribution in [0.2, 0.25) is 0 Å². The lowest BCUT2D eigenvalue weighted by atomic mass is 9.63. The van der Waals surface area contributed by atoms with E-state index in [0.29, 0.717) is 35.2 Å². The molecule has 1 N–H and O–H groups in total. The number of hydrogen-bond acceptors (Lipinski definition) is 7. The Morgan fingerprint density at radius 1 is 1.17 bits per heavy atom.